The molecule has 5 N–H and O–H groups in total. The van der Waals surface area contributed by atoms with Crippen LogP contribution >= 0.6 is 0 Å². The molecule has 0 atom stereocenters. The second-order valence-corrected chi connectivity index (χ2v) is 6.13. The smallest absolute Gasteiger partial charge is 0.369 e. The van der Waals surface area contributed by atoms with Gasteiger partial charge in [-0.15, -0.1) is 0 Å². The van der Waals surface area contributed by atoms with Crippen molar-refractivity contribution in [1.82, 2.24) is 4.57 Å². The Labute approximate surface area is 167 Å². The maximum atomic E-state index is 12.4. The first kappa shape index (κ1) is 21.5. The number of unbranched alkanes of at least 4 members (excludes halogenated alkanes) is 1. The average molecular weight is 395 g/mol. The number of benzene rings is 1. The van der Waals surface area contributed by atoms with E-state index in [0.29, 0.717) is 18.5 Å². The molecule has 0 radical (unpaired) electrons. The van der Waals surface area contributed by atoms with E-state index in [1.54, 1.807) is 12.2 Å². The highest BCUT2D eigenvalue weighted by Gasteiger charge is 2.17. The van der Waals surface area contributed by atoms with Gasteiger partial charge >= 0.3 is 5.96 Å². The van der Waals surface area contributed by atoms with Crippen LogP contribution in [0.4, 0.5) is 5.69 Å². The van der Waals surface area contributed by atoms with Gasteiger partial charge in [0.05, 0.1) is 11.8 Å². The van der Waals surface area contributed by atoms with E-state index in [1.165, 1.54) is 10.8 Å². The molecule has 2 aromatic rings. The van der Waals surface area contributed by atoms with E-state index < -0.39 is 5.56 Å². The van der Waals surface area contributed by atoms with E-state index in [0.717, 1.165) is 12.1 Å². The number of nitriles is 1. The third-order valence-corrected chi connectivity index (χ3v) is 4.18. The van der Waals surface area contributed by atoms with Crippen LogP contribution in [0.3, 0.4) is 0 Å². The summed E-state index contributed by atoms with van der Waals surface area (Å²) < 4.78 is 1.18. The summed E-state index contributed by atoms with van der Waals surface area (Å²) in [4.78, 5) is 12.4. The molecule has 0 fully saturated rings. The van der Waals surface area contributed by atoms with Crippen LogP contribution < -0.4 is 16.7 Å². The molecule has 1 aromatic heterocycles. The van der Waals surface area contributed by atoms with Crippen molar-refractivity contribution in [2.45, 2.75) is 33.2 Å². The molecule has 0 amide bonds. The number of aromatic nitrogens is 1. The molecule has 0 aliphatic rings. The third-order valence-electron chi connectivity index (χ3n) is 4.18. The summed E-state index contributed by atoms with van der Waals surface area (Å²) >= 11 is 0. The van der Waals surface area contributed by atoms with Crippen molar-refractivity contribution in [3.05, 3.63) is 57.4 Å². The Morgan fingerprint density at radius 2 is 2.10 bits per heavy atom. The molecule has 0 aliphatic carbocycles. The topological polar surface area (TPSA) is 158 Å². The van der Waals surface area contributed by atoms with Gasteiger partial charge in [-0.25, -0.2) is 5.32 Å². The first-order valence-electron chi connectivity index (χ1n) is 9.01. The van der Waals surface area contributed by atoms with E-state index in [1.807, 2.05) is 43.3 Å². The summed E-state index contributed by atoms with van der Waals surface area (Å²) in [5.41, 5.74) is 0.835. The minimum Gasteiger partial charge on any atom is -0.494 e. The van der Waals surface area contributed by atoms with Gasteiger partial charge < -0.3 is 10.9 Å². The lowest BCUT2D eigenvalue weighted by atomic mass is 10.1. The molecule has 1 heterocycles. The van der Waals surface area contributed by atoms with Gasteiger partial charge in [0.1, 0.15) is 17.3 Å². The average Bonchev–Trinajstić information content (AvgIpc) is 2.71. The van der Waals surface area contributed by atoms with Gasteiger partial charge in [0, 0.05) is 6.54 Å². The minimum atomic E-state index is -0.522. The number of nitrogens with zero attached hydrogens (tertiary/aromatic N) is 6. The van der Waals surface area contributed by atoms with Gasteiger partial charge in [-0.05, 0) is 31.0 Å². The van der Waals surface area contributed by atoms with Crippen molar-refractivity contribution >= 4 is 17.9 Å². The second kappa shape index (κ2) is 10.5. The fourth-order valence-corrected chi connectivity index (χ4v) is 2.63. The maximum absolute atomic E-state index is 12.4. The fraction of sp³-hybridized carbons (Fsp3) is 0.263. The number of nitrogens with two attached hydrogens (primary N) is 2. The lowest BCUT2D eigenvalue weighted by Gasteiger charge is -2.13. The van der Waals surface area contributed by atoms with Gasteiger partial charge in [-0.1, -0.05) is 47.0 Å². The van der Waals surface area contributed by atoms with Gasteiger partial charge in [-0.3, -0.25) is 9.36 Å². The number of aromatic hydroxyl groups is 1. The third kappa shape index (κ3) is 5.33. The normalized spacial score (nSPS) is 12.0. The predicted molar refractivity (Wildman–Crippen MR) is 109 cm³/mol. The molecule has 0 aliphatic heterocycles. The second-order valence-electron chi connectivity index (χ2n) is 6.13. The number of guanidine groups is 1. The number of rotatable bonds is 6. The summed E-state index contributed by atoms with van der Waals surface area (Å²) in [6.07, 6.45) is 2.79. The van der Waals surface area contributed by atoms with Crippen molar-refractivity contribution in [3.63, 3.8) is 0 Å². The van der Waals surface area contributed by atoms with Crippen molar-refractivity contribution < 1.29 is 10.4 Å². The Bertz CT molecular complexity index is 1030. The number of para-hydroxylation sites is 1. The van der Waals surface area contributed by atoms with Crippen LogP contribution in [0, 0.1) is 18.3 Å². The Morgan fingerprint density at radius 1 is 1.38 bits per heavy atom. The fourth-order valence-electron chi connectivity index (χ4n) is 2.63. The number of hydrogen-bond acceptors (Lipinski definition) is 6. The summed E-state index contributed by atoms with van der Waals surface area (Å²) in [6, 6.07) is 11.2. The Hall–Kier alpha value is -3.84. The zero-order chi connectivity index (χ0) is 21.2. The number of pyridine rings is 1. The molecule has 150 valence electrons. The molecular formula is C19H23N8O2+. The van der Waals surface area contributed by atoms with Crippen LogP contribution in [0.1, 0.15) is 36.5 Å². The monoisotopic (exact) mass is 395 g/mol. The molecular weight excluding hydrogens is 372 g/mol. The van der Waals surface area contributed by atoms with Crippen LogP contribution in [0.2, 0.25) is 0 Å². The van der Waals surface area contributed by atoms with E-state index in [9.17, 15) is 15.2 Å². The zero-order valence-corrected chi connectivity index (χ0v) is 16.3. The SMILES string of the molecule is CCCCn1c(O)c(C=NN=C(N=NN)[NH2+]c2ccccc2)c(C)c(C#N)c1=O. The van der Waals surface area contributed by atoms with Gasteiger partial charge in [0.2, 0.25) is 5.88 Å². The first-order chi connectivity index (χ1) is 14.0. The number of quaternary nitrogens is 1. The molecule has 2 rings (SSSR count). The molecule has 29 heavy (non-hydrogen) atoms. The molecule has 10 nitrogen and oxygen atoms in total. The highest BCUT2D eigenvalue weighted by atomic mass is 16.3. The quantitative estimate of drug-likeness (QED) is 0.169. The Kier molecular flexibility index (Phi) is 7.76. The van der Waals surface area contributed by atoms with Crippen LogP contribution in [0.25, 0.3) is 0 Å². The highest BCUT2D eigenvalue weighted by Crippen LogP contribution is 2.20. The van der Waals surface area contributed by atoms with E-state index >= 15 is 0 Å². The van der Waals surface area contributed by atoms with Gasteiger partial charge in [-0.2, -0.15) is 10.4 Å². The zero-order valence-electron chi connectivity index (χ0n) is 16.3. The van der Waals surface area contributed by atoms with Gasteiger partial charge in [0.25, 0.3) is 5.56 Å². The standard InChI is InChI=1S/C19H22N8O2/c1-3-4-10-27-17(28)15(11-20)13(2)16(18(27)29)12-22-24-19(25-26-21)23-14-8-6-5-7-9-14/h5-9,12,29H,3-4,10H2,1-2H3,(H3,21,23,24,25)/p+1. The Morgan fingerprint density at radius 3 is 2.72 bits per heavy atom. The minimum absolute atomic E-state index is 0.0398. The molecule has 10 heteroatoms. The molecule has 0 saturated carbocycles. The van der Waals surface area contributed by atoms with E-state index in [2.05, 4.69) is 20.5 Å². The summed E-state index contributed by atoms with van der Waals surface area (Å²) in [6.45, 7) is 3.84. The predicted octanol–water partition coefficient (Wildman–Crippen LogP) is 1.44. The van der Waals surface area contributed by atoms with Crippen LogP contribution in [-0.2, 0) is 6.54 Å². The van der Waals surface area contributed by atoms with Crippen molar-refractivity contribution in [3.8, 4) is 11.9 Å². The lowest BCUT2D eigenvalue weighted by molar-refractivity contribution is -0.446. The van der Waals surface area contributed by atoms with Crippen LogP contribution in [0.15, 0.2) is 55.7 Å². The van der Waals surface area contributed by atoms with Crippen molar-refractivity contribution in [1.29, 1.82) is 5.26 Å². The van der Waals surface area contributed by atoms with E-state index in [-0.39, 0.29) is 23.0 Å². The molecule has 0 spiro atoms. The number of hydrogen-bond donors (Lipinski definition) is 3. The molecule has 1 aromatic carbocycles. The van der Waals surface area contributed by atoms with E-state index in [4.69, 9.17) is 5.84 Å². The van der Waals surface area contributed by atoms with Crippen molar-refractivity contribution in [2.75, 3.05) is 0 Å². The largest absolute Gasteiger partial charge is 0.494 e. The Balaban J connectivity index is 2.42. The van der Waals surface area contributed by atoms with Crippen LogP contribution in [0.5, 0.6) is 5.88 Å². The molecule has 0 bridgehead atoms. The maximum Gasteiger partial charge on any atom is 0.369 e. The summed E-state index contributed by atoms with van der Waals surface area (Å²) in [5.74, 6) is 5.02. The summed E-state index contributed by atoms with van der Waals surface area (Å²) in [5, 5.41) is 36.4. The van der Waals surface area contributed by atoms with Crippen LogP contribution in [-0.4, -0.2) is 21.8 Å². The first-order valence-corrected chi connectivity index (χ1v) is 9.01. The van der Waals surface area contributed by atoms with Gasteiger partial charge in [0.15, 0.2) is 0 Å². The molecule has 0 saturated heterocycles. The molecule has 0 unspecified atom stereocenters. The van der Waals surface area contributed by atoms with Crippen molar-refractivity contribution in [2.24, 2.45) is 26.4 Å². The lowest BCUT2D eigenvalue weighted by Crippen LogP contribution is -2.81. The highest BCUT2D eigenvalue weighted by molar-refractivity contribution is 5.86. The summed E-state index contributed by atoms with van der Waals surface area (Å²) in [7, 11) is 0.